The van der Waals surface area contributed by atoms with Gasteiger partial charge in [0.1, 0.15) is 0 Å². The zero-order chi connectivity index (χ0) is 23.1. The number of carbonyl (C=O) groups excluding carboxylic acids is 3. The van der Waals surface area contributed by atoms with E-state index in [2.05, 4.69) is 37.3 Å². The van der Waals surface area contributed by atoms with Crippen molar-refractivity contribution in [1.82, 2.24) is 10.4 Å². The van der Waals surface area contributed by atoms with Gasteiger partial charge in [0.25, 0.3) is 17.7 Å². The van der Waals surface area contributed by atoms with Gasteiger partial charge in [-0.1, -0.05) is 98.1 Å². The smallest absolute Gasteiger partial charge is 0.270 e. The quantitative estimate of drug-likeness (QED) is 0.366. The van der Waals surface area contributed by atoms with Gasteiger partial charge in [-0.2, -0.15) is 5.01 Å². The number of alkyl halides is 2. The SMILES string of the molecule is Cc1cccc(C(=O)NN2C(=O)C3C(C2=O)C2(Br)c4ccccc4C3(Br)c3ccccc32)c1. The third-order valence-corrected chi connectivity index (χ3v) is 9.77. The van der Waals surface area contributed by atoms with Crippen LogP contribution >= 0.6 is 31.9 Å². The number of imide groups is 1. The Bertz CT molecular complexity index is 1260. The molecule has 2 bridgehead atoms. The number of rotatable bonds is 2. The van der Waals surface area contributed by atoms with E-state index in [1.54, 1.807) is 18.2 Å². The number of hydrazine groups is 1. The Morgan fingerprint density at radius 2 is 1.24 bits per heavy atom. The van der Waals surface area contributed by atoms with Crippen molar-refractivity contribution < 1.29 is 14.4 Å². The first-order chi connectivity index (χ1) is 15.8. The number of hydrogen-bond acceptors (Lipinski definition) is 3. The highest BCUT2D eigenvalue weighted by atomic mass is 79.9. The molecule has 3 aromatic carbocycles. The molecule has 0 radical (unpaired) electrons. The molecule has 1 fully saturated rings. The zero-order valence-electron chi connectivity index (χ0n) is 17.5. The van der Waals surface area contributed by atoms with Crippen LogP contribution in [0, 0.1) is 18.8 Å². The first-order valence-electron chi connectivity index (χ1n) is 10.6. The minimum atomic E-state index is -0.879. The molecule has 0 aromatic heterocycles. The molecule has 3 aromatic rings. The van der Waals surface area contributed by atoms with E-state index in [-0.39, 0.29) is 0 Å². The van der Waals surface area contributed by atoms with Crippen molar-refractivity contribution in [2.75, 3.05) is 0 Å². The fourth-order valence-electron chi connectivity index (χ4n) is 5.73. The molecule has 2 atom stereocenters. The average molecular weight is 566 g/mol. The Morgan fingerprint density at radius 3 is 1.67 bits per heavy atom. The summed E-state index contributed by atoms with van der Waals surface area (Å²) < 4.78 is -1.76. The molecule has 0 saturated carbocycles. The predicted octanol–water partition coefficient (Wildman–Crippen LogP) is 4.55. The summed E-state index contributed by atoms with van der Waals surface area (Å²) in [5, 5.41) is 0.920. The number of aryl methyl sites for hydroxylation is 1. The van der Waals surface area contributed by atoms with Gasteiger partial charge in [-0.05, 0) is 41.3 Å². The van der Waals surface area contributed by atoms with Crippen molar-refractivity contribution >= 4 is 49.6 Å². The van der Waals surface area contributed by atoms with E-state index in [0.29, 0.717) is 5.56 Å². The molecular formula is C26H18Br2N2O3. The topological polar surface area (TPSA) is 66.5 Å². The van der Waals surface area contributed by atoms with Gasteiger partial charge in [0.05, 0.1) is 20.5 Å². The average Bonchev–Trinajstić information content (AvgIpc) is 3.08. The fourth-order valence-corrected chi connectivity index (χ4v) is 8.03. The summed E-state index contributed by atoms with van der Waals surface area (Å²) >= 11 is 7.89. The van der Waals surface area contributed by atoms with Gasteiger partial charge >= 0.3 is 0 Å². The molecule has 1 N–H and O–H groups in total. The molecule has 164 valence electrons. The summed E-state index contributed by atoms with van der Waals surface area (Å²) in [6.07, 6.45) is 0. The molecule has 1 heterocycles. The van der Waals surface area contributed by atoms with E-state index < -0.39 is 38.2 Å². The molecule has 1 saturated heterocycles. The third-order valence-electron chi connectivity index (χ3n) is 7.08. The van der Waals surface area contributed by atoms with E-state index in [4.69, 9.17) is 0 Å². The fraction of sp³-hybridized carbons (Fsp3) is 0.192. The normalized spacial score (nSPS) is 28.9. The number of benzene rings is 3. The molecular weight excluding hydrogens is 548 g/mol. The van der Waals surface area contributed by atoms with Crippen LogP contribution in [-0.2, 0) is 18.2 Å². The van der Waals surface area contributed by atoms with Crippen molar-refractivity contribution in [3.05, 3.63) is 106 Å². The maximum atomic E-state index is 13.8. The van der Waals surface area contributed by atoms with Crippen LogP contribution in [0.3, 0.4) is 0 Å². The summed E-state index contributed by atoms with van der Waals surface area (Å²) in [7, 11) is 0. The van der Waals surface area contributed by atoms with Gasteiger partial charge < -0.3 is 0 Å². The molecule has 7 heteroatoms. The molecule has 7 rings (SSSR count). The minimum absolute atomic E-state index is 0.391. The Kier molecular flexibility index (Phi) is 4.33. The Hall–Kier alpha value is -2.77. The predicted molar refractivity (Wildman–Crippen MR) is 130 cm³/mol. The largest absolute Gasteiger partial charge is 0.272 e. The van der Waals surface area contributed by atoms with Crippen molar-refractivity contribution in [3.63, 3.8) is 0 Å². The molecule has 1 aliphatic heterocycles. The van der Waals surface area contributed by atoms with Crippen molar-refractivity contribution in [1.29, 1.82) is 0 Å². The lowest BCUT2D eigenvalue weighted by Crippen LogP contribution is -2.56. The second kappa shape index (κ2) is 6.87. The van der Waals surface area contributed by atoms with Gasteiger partial charge in [0.15, 0.2) is 0 Å². The van der Waals surface area contributed by atoms with Crippen molar-refractivity contribution in [2.24, 2.45) is 11.8 Å². The maximum absolute atomic E-state index is 13.8. The number of amides is 3. The van der Waals surface area contributed by atoms with Crippen LogP contribution in [0.5, 0.6) is 0 Å². The summed E-state index contributed by atoms with van der Waals surface area (Å²) in [5.41, 5.74) is 7.71. The van der Waals surface area contributed by atoms with Crippen LogP contribution in [0.15, 0.2) is 72.8 Å². The monoisotopic (exact) mass is 564 g/mol. The number of halogens is 2. The number of nitrogens with zero attached hydrogens (tertiary/aromatic N) is 1. The highest BCUT2D eigenvalue weighted by Gasteiger charge is 2.72. The van der Waals surface area contributed by atoms with Gasteiger partial charge in [-0.25, -0.2) is 0 Å². The Labute approximate surface area is 207 Å². The lowest BCUT2D eigenvalue weighted by atomic mass is 9.54. The highest BCUT2D eigenvalue weighted by Crippen LogP contribution is 2.70. The lowest BCUT2D eigenvalue weighted by Gasteiger charge is -2.55. The molecule has 4 aliphatic rings. The van der Waals surface area contributed by atoms with Crippen molar-refractivity contribution in [2.45, 2.75) is 15.6 Å². The van der Waals surface area contributed by atoms with Gasteiger partial charge in [0.2, 0.25) is 0 Å². The van der Waals surface area contributed by atoms with Crippen LogP contribution in [0.4, 0.5) is 0 Å². The number of nitrogens with one attached hydrogen (secondary N) is 1. The van der Waals surface area contributed by atoms with Crippen LogP contribution in [0.25, 0.3) is 0 Å². The van der Waals surface area contributed by atoms with Gasteiger partial charge in [-0.15, -0.1) is 0 Å². The summed E-state index contributed by atoms with van der Waals surface area (Å²) in [4.78, 5) is 40.5. The van der Waals surface area contributed by atoms with E-state index in [0.717, 1.165) is 32.8 Å². The van der Waals surface area contributed by atoms with E-state index in [1.165, 1.54) is 0 Å². The molecule has 3 aliphatic carbocycles. The van der Waals surface area contributed by atoms with Gasteiger partial charge in [-0.3, -0.25) is 19.8 Å². The van der Waals surface area contributed by atoms with Crippen molar-refractivity contribution in [3.8, 4) is 0 Å². The third kappa shape index (κ3) is 2.49. The van der Waals surface area contributed by atoms with Crippen LogP contribution < -0.4 is 5.43 Å². The molecule has 5 nitrogen and oxygen atoms in total. The van der Waals surface area contributed by atoms with Crippen LogP contribution in [0.2, 0.25) is 0 Å². The number of carbonyl (C=O) groups is 3. The molecule has 0 spiro atoms. The molecule has 3 amide bonds. The number of hydrogen-bond donors (Lipinski definition) is 1. The van der Waals surface area contributed by atoms with Crippen LogP contribution in [-0.4, -0.2) is 22.7 Å². The molecule has 33 heavy (non-hydrogen) atoms. The summed E-state index contributed by atoms with van der Waals surface area (Å²) in [6.45, 7) is 1.88. The Balaban J connectivity index is 1.50. The molecule has 2 unspecified atom stereocenters. The van der Waals surface area contributed by atoms with Crippen LogP contribution in [0.1, 0.15) is 38.2 Å². The summed E-state index contributed by atoms with van der Waals surface area (Å²) in [5.74, 6) is -2.76. The standard InChI is InChI=1S/C26H18Br2N2O3/c1-14-7-6-8-15(13-14)22(31)29-30-23(32)20-21(24(30)33)26(28)17-10-3-2-9-16(17)25(20,27)18-11-4-5-12-19(18)26/h2-13,20-21H,1H3,(H,29,31). The van der Waals surface area contributed by atoms with E-state index in [9.17, 15) is 14.4 Å². The highest BCUT2D eigenvalue weighted by molar-refractivity contribution is 9.10. The second-order valence-corrected chi connectivity index (χ2v) is 11.3. The maximum Gasteiger partial charge on any atom is 0.270 e. The lowest BCUT2D eigenvalue weighted by molar-refractivity contribution is -0.142. The van der Waals surface area contributed by atoms with E-state index in [1.807, 2.05) is 61.5 Å². The Morgan fingerprint density at radius 1 is 0.788 bits per heavy atom. The van der Waals surface area contributed by atoms with E-state index >= 15 is 0 Å². The first kappa shape index (κ1) is 20.8. The second-order valence-electron chi connectivity index (χ2n) is 8.79. The zero-order valence-corrected chi connectivity index (χ0v) is 20.7. The minimum Gasteiger partial charge on any atom is -0.272 e. The summed E-state index contributed by atoms with van der Waals surface area (Å²) in [6, 6.07) is 22.8. The first-order valence-corrected chi connectivity index (χ1v) is 12.2. The van der Waals surface area contributed by atoms with Gasteiger partial charge in [0, 0.05) is 5.56 Å².